The van der Waals surface area contributed by atoms with Gasteiger partial charge in [0.05, 0.1) is 0 Å². The van der Waals surface area contributed by atoms with Crippen molar-refractivity contribution in [1.29, 1.82) is 0 Å². The highest BCUT2D eigenvalue weighted by atomic mass is 16.2. The van der Waals surface area contributed by atoms with E-state index in [9.17, 15) is 4.79 Å². The average molecular weight is 286 g/mol. The summed E-state index contributed by atoms with van der Waals surface area (Å²) < 4.78 is 0. The van der Waals surface area contributed by atoms with Crippen LogP contribution in [0.4, 0.5) is 0 Å². The summed E-state index contributed by atoms with van der Waals surface area (Å²) in [4.78, 5) is 16.9. The molecule has 21 heavy (non-hydrogen) atoms. The highest BCUT2D eigenvalue weighted by molar-refractivity contribution is 5.79. The summed E-state index contributed by atoms with van der Waals surface area (Å²) in [5.74, 6) is 0.757. The van der Waals surface area contributed by atoms with Gasteiger partial charge in [-0.25, -0.2) is 0 Å². The molecule has 0 N–H and O–H groups in total. The third-order valence-electron chi connectivity index (χ3n) is 4.88. The molecule has 1 aromatic rings. The van der Waals surface area contributed by atoms with E-state index >= 15 is 0 Å². The molecule has 1 aliphatic carbocycles. The van der Waals surface area contributed by atoms with Crippen LogP contribution in [0.25, 0.3) is 0 Å². The second-order valence-corrected chi connectivity index (χ2v) is 6.57. The lowest BCUT2D eigenvalue weighted by Crippen LogP contribution is -2.41. The van der Waals surface area contributed by atoms with Crippen molar-refractivity contribution in [3.63, 3.8) is 0 Å². The Morgan fingerprint density at radius 2 is 1.81 bits per heavy atom. The van der Waals surface area contributed by atoms with Crippen LogP contribution in [0.2, 0.25) is 0 Å². The highest BCUT2D eigenvalue weighted by Crippen LogP contribution is 2.28. The van der Waals surface area contributed by atoms with Crippen LogP contribution in [0.1, 0.15) is 36.8 Å². The quantitative estimate of drug-likeness (QED) is 0.853. The third kappa shape index (κ3) is 3.65. The van der Waals surface area contributed by atoms with Crippen molar-refractivity contribution in [1.82, 2.24) is 9.80 Å². The van der Waals surface area contributed by atoms with Crippen molar-refractivity contribution in [2.45, 2.75) is 39.2 Å². The second-order valence-electron chi connectivity index (χ2n) is 6.57. The molecule has 1 saturated heterocycles. The number of amides is 1. The summed E-state index contributed by atoms with van der Waals surface area (Å²) in [5, 5.41) is 0. The van der Waals surface area contributed by atoms with E-state index < -0.39 is 0 Å². The fraction of sp³-hybridized carbons (Fsp3) is 0.611. The number of rotatable bonds is 3. The highest BCUT2D eigenvalue weighted by Gasteiger charge is 2.30. The number of carbonyl (C=O) groups excluding carboxylic acids is 1. The number of hydrogen-bond donors (Lipinski definition) is 0. The molecule has 0 spiro atoms. The first-order valence-electron chi connectivity index (χ1n) is 8.29. The number of benzene rings is 1. The summed E-state index contributed by atoms with van der Waals surface area (Å²) in [6, 6.07) is 8.80. The van der Waals surface area contributed by atoms with Gasteiger partial charge < -0.3 is 4.90 Å². The van der Waals surface area contributed by atoms with E-state index in [0.29, 0.717) is 11.8 Å². The van der Waals surface area contributed by atoms with Crippen molar-refractivity contribution < 1.29 is 4.79 Å². The molecule has 3 heteroatoms. The Labute approximate surface area is 127 Å². The lowest BCUT2D eigenvalue weighted by atomic mass is 9.84. The van der Waals surface area contributed by atoms with Crippen molar-refractivity contribution in [3.05, 3.63) is 35.4 Å². The number of carbonyl (C=O) groups is 1. The first-order valence-corrected chi connectivity index (χ1v) is 8.29. The molecule has 1 amide bonds. The van der Waals surface area contributed by atoms with E-state index in [2.05, 4.69) is 41.0 Å². The predicted octanol–water partition coefficient (Wildman–Crippen LogP) is 2.83. The number of hydrogen-bond acceptors (Lipinski definition) is 2. The second kappa shape index (κ2) is 6.61. The smallest absolute Gasteiger partial charge is 0.225 e. The molecule has 2 fully saturated rings. The molecule has 0 aromatic heterocycles. The lowest BCUT2D eigenvalue weighted by molar-refractivity contribution is -0.138. The molecule has 0 bridgehead atoms. The van der Waals surface area contributed by atoms with E-state index in [1.54, 1.807) is 0 Å². The molecule has 3 nitrogen and oxygen atoms in total. The topological polar surface area (TPSA) is 23.6 Å². The van der Waals surface area contributed by atoms with Crippen molar-refractivity contribution in [3.8, 4) is 0 Å². The SMILES string of the molecule is Cc1ccc(CN2CCCN(C(=O)C3CCC3)CC2)cc1. The zero-order valence-electron chi connectivity index (χ0n) is 13.1. The van der Waals surface area contributed by atoms with Crippen molar-refractivity contribution in [2.24, 2.45) is 5.92 Å². The van der Waals surface area contributed by atoms with Gasteiger partial charge in [0.2, 0.25) is 5.91 Å². The largest absolute Gasteiger partial charge is 0.341 e. The standard InChI is InChI=1S/C18H26N2O/c1-15-6-8-16(9-7-15)14-19-10-3-11-20(13-12-19)18(21)17-4-2-5-17/h6-9,17H,2-5,10-14H2,1H3. The predicted molar refractivity (Wildman–Crippen MR) is 85.0 cm³/mol. The molecule has 1 aliphatic heterocycles. The maximum absolute atomic E-state index is 12.3. The lowest BCUT2D eigenvalue weighted by Gasteiger charge is -2.31. The molecular weight excluding hydrogens is 260 g/mol. The molecule has 0 radical (unpaired) electrons. The minimum Gasteiger partial charge on any atom is -0.341 e. The van der Waals surface area contributed by atoms with E-state index in [-0.39, 0.29) is 0 Å². The maximum atomic E-state index is 12.3. The van der Waals surface area contributed by atoms with E-state index in [1.165, 1.54) is 17.5 Å². The van der Waals surface area contributed by atoms with Crippen molar-refractivity contribution in [2.75, 3.05) is 26.2 Å². The Kier molecular flexibility index (Phi) is 4.59. The van der Waals surface area contributed by atoms with Gasteiger partial charge in [-0.2, -0.15) is 0 Å². The first-order chi connectivity index (χ1) is 10.2. The Bertz CT molecular complexity index is 478. The Morgan fingerprint density at radius 1 is 1.05 bits per heavy atom. The average Bonchev–Trinajstić information content (AvgIpc) is 2.65. The fourth-order valence-corrected chi connectivity index (χ4v) is 3.21. The van der Waals surface area contributed by atoms with E-state index in [4.69, 9.17) is 0 Å². The minimum atomic E-state index is 0.341. The van der Waals surface area contributed by atoms with Gasteiger partial charge in [-0.15, -0.1) is 0 Å². The van der Waals surface area contributed by atoms with Gasteiger partial charge in [0.25, 0.3) is 0 Å². The van der Waals surface area contributed by atoms with Crippen molar-refractivity contribution >= 4 is 5.91 Å². The van der Waals surface area contributed by atoms with Gasteiger partial charge in [0, 0.05) is 38.6 Å². The number of aryl methyl sites for hydroxylation is 1. The first kappa shape index (κ1) is 14.6. The molecule has 2 aliphatic rings. The van der Waals surface area contributed by atoms with E-state index in [0.717, 1.165) is 52.0 Å². The summed E-state index contributed by atoms with van der Waals surface area (Å²) in [6.45, 7) is 7.08. The van der Waals surface area contributed by atoms with Gasteiger partial charge >= 0.3 is 0 Å². The fourth-order valence-electron chi connectivity index (χ4n) is 3.21. The Morgan fingerprint density at radius 3 is 2.48 bits per heavy atom. The molecule has 1 heterocycles. The zero-order chi connectivity index (χ0) is 14.7. The van der Waals surface area contributed by atoms with Gasteiger partial charge in [-0.1, -0.05) is 36.2 Å². The normalized spacial score (nSPS) is 20.9. The summed E-state index contributed by atoms with van der Waals surface area (Å²) in [7, 11) is 0. The molecule has 0 unspecified atom stereocenters. The molecule has 0 atom stereocenters. The van der Waals surface area contributed by atoms with Crippen LogP contribution in [0.15, 0.2) is 24.3 Å². The maximum Gasteiger partial charge on any atom is 0.225 e. The van der Waals surface area contributed by atoms with Crippen LogP contribution in [0, 0.1) is 12.8 Å². The van der Waals surface area contributed by atoms with Gasteiger partial charge in [-0.3, -0.25) is 9.69 Å². The Balaban J connectivity index is 1.53. The Hall–Kier alpha value is -1.35. The van der Waals surface area contributed by atoms with Crippen LogP contribution >= 0.6 is 0 Å². The molecular formula is C18H26N2O. The van der Waals surface area contributed by atoms with Gasteiger partial charge in [0.15, 0.2) is 0 Å². The summed E-state index contributed by atoms with van der Waals surface area (Å²) in [5.41, 5.74) is 2.69. The third-order valence-corrected chi connectivity index (χ3v) is 4.88. The zero-order valence-corrected chi connectivity index (χ0v) is 13.1. The van der Waals surface area contributed by atoms with Gasteiger partial charge in [-0.05, 0) is 31.7 Å². The van der Waals surface area contributed by atoms with Crippen LogP contribution in [-0.4, -0.2) is 41.9 Å². The summed E-state index contributed by atoms with van der Waals surface area (Å²) >= 11 is 0. The van der Waals surface area contributed by atoms with Gasteiger partial charge in [0.1, 0.15) is 0 Å². The van der Waals surface area contributed by atoms with Crippen LogP contribution in [-0.2, 0) is 11.3 Å². The van der Waals surface area contributed by atoms with E-state index in [1.807, 2.05) is 0 Å². The minimum absolute atomic E-state index is 0.341. The monoisotopic (exact) mass is 286 g/mol. The molecule has 114 valence electrons. The molecule has 3 rings (SSSR count). The van der Waals surface area contributed by atoms with Crippen LogP contribution < -0.4 is 0 Å². The summed E-state index contributed by atoms with van der Waals surface area (Å²) in [6.07, 6.45) is 4.57. The molecule has 1 saturated carbocycles. The van der Waals surface area contributed by atoms with Crippen LogP contribution in [0.5, 0.6) is 0 Å². The van der Waals surface area contributed by atoms with Crippen LogP contribution in [0.3, 0.4) is 0 Å². The molecule has 1 aromatic carbocycles. The number of nitrogens with zero attached hydrogens (tertiary/aromatic N) is 2.